The number of hydrogen-bond acceptors (Lipinski definition) is 3. The Hall–Kier alpha value is -2.24. The predicted octanol–water partition coefficient (Wildman–Crippen LogP) is 2.38. The van der Waals surface area contributed by atoms with E-state index in [0.717, 1.165) is 5.56 Å². The summed E-state index contributed by atoms with van der Waals surface area (Å²) in [6.45, 7) is 7.35. The number of halogens is 1. The molecule has 1 fully saturated rings. The maximum atomic E-state index is 14.5. The van der Waals surface area contributed by atoms with Crippen molar-refractivity contribution in [2.45, 2.75) is 57.9 Å². The van der Waals surface area contributed by atoms with Crippen LogP contribution in [0.15, 0.2) is 12.1 Å². The highest BCUT2D eigenvalue weighted by molar-refractivity contribution is 6.13. The molecule has 6 heteroatoms. The maximum absolute atomic E-state index is 14.5. The van der Waals surface area contributed by atoms with E-state index in [1.807, 2.05) is 13.8 Å². The monoisotopic (exact) mass is 332 g/mol. The molecule has 0 saturated carbocycles. The van der Waals surface area contributed by atoms with Gasteiger partial charge in [0.1, 0.15) is 11.9 Å². The normalized spacial score (nSPS) is 22.8. The minimum absolute atomic E-state index is 0.00847. The molecule has 2 aliphatic heterocycles. The van der Waals surface area contributed by atoms with Crippen LogP contribution >= 0.6 is 0 Å². The highest BCUT2D eigenvalue weighted by Gasteiger charge is 2.49. The SMILES string of the molecule is CC(C)c1cc2c(cc1F)N(C1CCC(=O)NC1=O)C(=O)C2(C)C. The fourth-order valence-corrected chi connectivity index (χ4v) is 3.49. The van der Waals surface area contributed by atoms with E-state index in [1.54, 1.807) is 19.9 Å². The second-order valence-corrected chi connectivity index (χ2v) is 7.31. The summed E-state index contributed by atoms with van der Waals surface area (Å²) in [6, 6.07) is 2.31. The van der Waals surface area contributed by atoms with Crippen molar-refractivity contribution >= 4 is 23.4 Å². The van der Waals surface area contributed by atoms with Crippen molar-refractivity contribution in [2.75, 3.05) is 4.90 Å². The van der Waals surface area contributed by atoms with Crippen LogP contribution in [0.5, 0.6) is 0 Å². The first-order chi connectivity index (χ1) is 11.1. The van der Waals surface area contributed by atoms with E-state index < -0.39 is 17.4 Å². The smallest absolute Gasteiger partial charge is 0.249 e. The highest BCUT2D eigenvalue weighted by atomic mass is 19.1. The Bertz CT molecular complexity index is 755. The van der Waals surface area contributed by atoms with Gasteiger partial charge >= 0.3 is 0 Å². The van der Waals surface area contributed by atoms with Crippen LogP contribution in [0.3, 0.4) is 0 Å². The lowest BCUT2D eigenvalue weighted by atomic mass is 9.84. The number of carbonyl (C=O) groups is 3. The lowest BCUT2D eigenvalue weighted by Crippen LogP contribution is -2.55. The second-order valence-electron chi connectivity index (χ2n) is 7.31. The summed E-state index contributed by atoms with van der Waals surface area (Å²) in [5.41, 5.74) is 0.873. The number of nitrogens with one attached hydrogen (secondary N) is 1. The summed E-state index contributed by atoms with van der Waals surface area (Å²) in [5, 5.41) is 2.26. The number of imide groups is 1. The van der Waals surface area contributed by atoms with Crippen LogP contribution in [0.25, 0.3) is 0 Å². The molecule has 2 aliphatic rings. The molecule has 1 aromatic carbocycles. The molecule has 2 heterocycles. The fraction of sp³-hybridized carbons (Fsp3) is 0.500. The molecular formula is C18H21FN2O3. The number of fused-ring (bicyclic) bond motifs is 1. The molecule has 3 amide bonds. The Balaban J connectivity index is 2.12. The Morgan fingerprint density at radius 2 is 1.92 bits per heavy atom. The van der Waals surface area contributed by atoms with Gasteiger partial charge in [-0.25, -0.2) is 4.39 Å². The zero-order valence-corrected chi connectivity index (χ0v) is 14.3. The van der Waals surface area contributed by atoms with Crippen LogP contribution in [0.1, 0.15) is 57.6 Å². The van der Waals surface area contributed by atoms with E-state index in [-0.39, 0.29) is 36.4 Å². The molecule has 1 unspecified atom stereocenters. The molecule has 5 nitrogen and oxygen atoms in total. The summed E-state index contributed by atoms with van der Waals surface area (Å²) >= 11 is 0. The molecule has 1 aromatic rings. The first kappa shape index (κ1) is 16.6. The van der Waals surface area contributed by atoms with Gasteiger partial charge in [0.15, 0.2) is 0 Å². The van der Waals surface area contributed by atoms with Gasteiger partial charge in [-0.1, -0.05) is 13.8 Å². The van der Waals surface area contributed by atoms with Gasteiger partial charge < -0.3 is 0 Å². The first-order valence-corrected chi connectivity index (χ1v) is 8.16. The van der Waals surface area contributed by atoms with Crippen molar-refractivity contribution in [3.63, 3.8) is 0 Å². The standard InChI is InChI=1S/C18H21FN2O3/c1-9(2)10-7-11-14(8-12(10)19)21(17(24)18(11,3)4)13-5-6-15(22)20-16(13)23/h7-9,13H,5-6H2,1-4H3,(H,20,22,23). The number of piperidine rings is 1. The van der Waals surface area contributed by atoms with Crippen LogP contribution in [0.2, 0.25) is 0 Å². The van der Waals surface area contributed by atoms with E-state index in [4.69, 9.17) is 0 Å². The van der Waals surface area contributed by atoms with Gasteiger partial charge in [0.25, 0.3) is 0 Å². The van der Waals surface area contributed by atoms with Gasteiger partial charge in [-0.2, -0.15) is 0 Å². The number of benzene rings is 1. The fourth-order valence-electron chi connectivity index (χ4n) is 3.49. The van der Waals surface area contributed by atoms with Crippen LogP contribution in [0.4, 0.5) is 10.1 Å². The summed E-state index contributed by atoms with van der Waals surface area (Å²) in [5.74, 6) is -1.48. The van der Waals surface area contributed by atoms with Crippen molar-refractivity contribution in [2.24, 2.45) is 0 Å². The van der Waals surface area contributed by atoms with Crippen molar-refractivity contribution in [3.8, 4) is 0 Å². The number of carbonyl (C=O) groups excluding carboxylic acids is 3. The van der Waals surface area contributed by atoms with Crippen LogP contribution < -0.4 is 10.2 Å². The van der Waals surface area contributed by atoms with Crippen molar-refractivity contribution in [1.29, 1.82) is 0 Å². The lowest BCUT2D eigenvalue weighted by Gasteiger charge is -2.31. The average molecular weight is 332 g/mol. The topological polar surface area (TPSA) is 66.5 Å². The van der Waals surface area contributed by atoms with Crippen molar-refractivity contribution < 1.29 is 18.8 Å². The van der Waals surface area contributed by atoms with Crippen LogP contribution in [-0.4, -0.2) is 23.8 Å². The van der Waals surface area contributed by atoms with Gasteiger partial charge in [0.05, 0.1) is 11.1 Å². The van der Waals surface area contributed by atoms with E-state index in [0.29, 0.717) is 11.3 Å². The average Bonchev–Trinajstić information content (AvgIpc) is 2.66. The molecule has 0 aromatic heterocycles. The molecule has 0 spiro atoms. The van der Waals surface area contributed by atoms with Gasteiger partial charge in [-0.15, -0.1) is 0 Å². The molecule has 0 aliphatic carbocycles. The Kier molecular flexibility index (Phi) is 3.73. The minimum atomic E-state index is -0.839. The highest BCUT2D eigenvalue weighted by Crippen LogP contribution is 2.45. The summed E-state index contributed by atoms with van der Waals surface area (Å²) < 4.78 is 14.5. The third-order valence-electron chi connectivity index (χ3n) is 4.95. The Morgan fingerprint density at radius 3 is 2.50 bits per heavy atom. The molecule has 0 bridgehead atoms. The molecule has 0 radical (unpaired) electrons. The Labute approximate surface area is 140 Å². The first-order valence-electron chi connectivity index (χ1n) is 8.16. The van der Waals surface area contributed by atoms with E-state index in [1.165, 1.54) is 11.0 Å². The second kappa shape index (κ2) is 5.40. The number of nitrogens with zero attached hydrogens (tertiary/aromatic N) is 1. The van der Waals surface area contributed by atoms with Crippen LogP contribution in [-0.2, 0) is 19.8 Å². The summed E-state index contributed by atoms with van der Waals surface area (Å²) in [6.07, 6.45) is 0.419. The predicted molar refractivity (Wildman–Crippen MR) is 87.2 cm³/mol. The largest absolute Gasteiger partial charge is 0.299 e. The molecule has 1 atom stereocenters. The third kappa shape index (κ3) is 2.32. The molecule has 128 valence electrons. The molecule has 1 saturated heterocycles. The number of rotatable bonds is 2. The van der Waals surface area contributed by atoms with Gasteiger partial charge in [-0.3, -0.25) is 24.6 Å². The quantitative estimate of drug-likeness (QED) is 0.846. The summed E-state index contributed by atoms with van der Waals surface area (Å²) in [4.78, 5) is 37.9. The summed E-state index contributed by atoms with van der Waals surface area (Å²) in [7, 11) is 0. The molecule has 24 heavy (non-hydrogen) atoms. The van der Waals surface area contributed by atoms with Crippen molar-refractivity contribution in [3.05, 3.63) is 29.1 Å². The molecular weight excluding hydrogens is 311 g/mol. The zero-order chi connectivity index (χ0) is 17.8. The minimum Gasteiger partial charge on any atom is -0.299 e. The van der Waals surface area contributed by atoms with Gasteiger partial charge in [0.2, 0.25) is 17.7 Å². The molecule has 3 rings (SSSR count). The Morgan fingerprint density at radius 1 is 1.25 bits per heavy atom. The van der Waals surface area contributed by atoms with E-state index >= 15 is 0 Å². The van der Waals surface area contributed by atoms with Gasteiger partial charge in [-0.05, 0) is 49.4 Å². The van der Waals surface area contributed by atoms with E-state index in [2.05, 4.69) is 5.32 Å². The lowest BCUT2D eigenvalue weighted by molar-refractivity contribution is -0.136. The van der Waals surface area contributed by atoms with Gasteiger partial charge in [0, 0.05) is 6.42 Å². The van der Waals surface area contributed by atoms with E-state index in [9.17, 15) is 18.8 Å². The van der Waals surface area contributed by atoms with Crippen molar-refractivity contribution in [1.82, 2.24) is 5.32 Å². The third-order valence-corrected chi connectivity index (χ3v) is 4.95. The number of anilines is 1. The molecule has 1 N–H and O–H groups in total. The maximum Gasteiger partial charge on any atom is 0.249 e. The van der Waals surface area contributed by atoms with Crippen LogP contribution in [0, 0.1) is 5.82 Å². The number of amides is 3. The zero-order valence-electron chi connectivity index (χ0n) is 14.3. The number of hydrogen-bond donors (Lipinski definition) is 1.